The van der Waals surface area contributed by atoms with Gasteiger partial charge in [-0.25, -0.2) is 14.3 Å². The zero-order valence-electron chi connectivity index (χ0n) is 16.6. The van der Waals surface area contributed by atoms with Gasteiger partial charge in [-0.05, 0) is 0 Å². The lowest BCUT2D eigenvalue weighted by Gasteiger charge is -2.18. The van der Waals surface area contributed by atoms with E-state index in [-0.39, 0.29) is 17.1 Å². The fourth-order valence-electron chi connectivity index (χ4n) is 3.18. The Kier molecular flexibility index (Phi) is 7.47. The molecule has 2 aromatic heterocycles. The van der Waals surface area contributed by atoms with Gasteiger partial charge in [0.15, 0.2) is 17.4 Å². The number of phosphoric ester groups is 1. The summed E-state index contributed by atoms with van der Waals surface area (Å²) >= 11 is 0. The molecule has 2 aromatic rings. The van der Waals surface area contributed by atoms with Crippen molar-refractivity contribution in [1.29, 1.82) is 0 Å². The molecule has 184 valence electrons. The minimum absolute atomic E-state index is 0.180. The Morgan fingerprint density at radius 1 is 1.36 bits per heavy atom. The van der Waals surface area contributed by atoms with Gasteiger partial charge in [0.05, 0.1) is 25.6 Å². The molecule has 0 saturated carbocycles. The average Bonchev–Trinajstić information content (AvgIpc) is 3.27. The lowest BCUT2D eigenvalue weighted by atomic mass is 10.1. The summed E-state index contributed by atoms with van der Waals surface area (Å²) < 4.78 is 21.7. The lowest BCUT2D eigenvalue weighted by molar-refractivity contribution is -0.138. The van der Waals surface area contributed by atoms with E-state index in [9.17, 15) is 34.6 Å². The number of hydrogen-bond donors (Lipinski definition) is 9. The van der Waals surface area contributed by atoms with E-state index in [1.807, 2.05) is 0 Å². The Balaban J connectivity index is 1.89. The second-order valence-electron chi connectivity index (χ2n) is 7.18. The summed E-state index contributed by atoms with van der Waals surface area (Å²) in [5.41, 5.74) is -1.19. The number of aromatic amines is 1. The average molecular weight is 495 g/mol. The van der Waals surface area contributed by atoms with Gasteiger partial charge < -0.3 is 45.4 Å². The summed E-state index contributed by atoms with van der Waals surface area (Å²) in [6.45, 7) is -1.44. The Hall–Kier alpha value is -2.47. The molecule has 0 radical (unpaired) electrons. The number of rotatable bonds is 10. The molecule has 3 heterocycles. The zero-order valence-corrected chi connectivity index (χ0v) is 17.5. The van der Waals surface area contributed by atoms with Crippen LogP contribution < -0.4 is 10.9 Å². The summed E-state index contributed by atoms with van der Waals surface area (Å²) in [5, 5.41) is 50.7. The van der Waals surface area contributed by atoms with Crippen molar-refractivity contribution >= 4 is 30.9 Å². The number of carboxylic acid groups (broad SMARTS) is 1. The molecule has 6 atom stereocenters. The van der Waals surface area contributed by atoms with Gasteiger partial charge in [-0.2, -0.15) is 4.98 Å². The molecule has 1 fully saturated rings. The Labute approximate surface area is 183 Å². The molecule has 0 amide bonds. The summed E-state index contributed by atoms with van der Waals surface area (Å²) in [6, 6.07) is -1.44. The van der Waals surface area contributed by atoms with Gasteiger partial charge in [0, 0.05) is 6.42 Å². The van der Waals surface area contributed by atoms with Crippen molar-refractivity contribution in [1.82, 2.24) is 19.5 Å². The fraction of sp³-hybridized carbons (Fsp3) is 0.600. The number of carbonyl (C=O) groups is 1. The first-order valence-corrected chi connectivity index (χ1v) is 10.9. The maximum Gasteiger partial charge on any atom is 0.469 e. The van der Waals surface area contributed by atoms with Crippen molar-refractivity contribution in [2.75, 3.05) is 18.5 Å². The number of aliphatic hydroxyl groups excluding tert-OH is 4. The van der Waals surface area contributed by atoms with Crippen LogP contribution in [0.2, 0.25) is 0 Å². The van der Waals surface area contributed by atoms with Gasteiger partial charge >= 0.3 is 13.8 Å². The predicted molar refractivity (Wildman–Crippen MR) is 105 cm³/mol. The molecule has 0 bridgehead atoms. The standard InChI is InChI=1S/C15H22N5O12P/c21-2-5(22)1-6(14(26)27)17-15-18-11-8(12(25)19-15)16-4-20(11)13-10(24)9(23)7(32-13)3-31-33(28,29)30/h4-7,9-10,13,21-24H,1-3H2,(H,26,27)(H2,28,29,30)(H2,17,18,19,25)/t5?,6-,7-,9-,10-,13-/m1/s1. The number of aliphatic hydroxyl groups is 4. The highest BCUT2D eigenvalue weighted by atomic mass is 31.2. The largest absolute Gasteiger partial charge is 0.480 e. The molecule has 33 heavy (non-hydrogen) atoms. The second-order valence-corrected chi connectivity index (χ2v) is 8.42. The van der Waals surface area contributed by atoms with Gasteiger partial charge in [-0.15, -0.1) is 0 Å². The van der Waals surface area contributed by atoms with Crippen LogP contribution in [0.4, 0.5) is 5.95 Å². The molecule has 1 aliphatic rings. The molecule has 1 unspecified atom stereocenters. The number of fused-ring (bicyclic) bond motifs is 1. The molecular weight excluding hydrogens is 473 g/mol. The third-order valence-corrected chi connectivity index (χ3v) is 5.26. The molecule has 1 saturated heterocycles. The number of hydrogen-bond acceptors (Lipinski definition) is 12. The highest BCUT2D eigenvalue weighted by Crippen LogP contribution is 2.38. The number of phosphoric acid groups is 1. The minimum atomic E-state index is -4.87. The van der Waals surface area contributed by atoms with Crippen LogP contribution in [0.3, 0.4) is 0 Å². The maximum atomic E-state index is 12.4. The van der Waals surface area contributed by atoms with Crippen LogP contribution in [0.5, 0.6) is 0 Å². The first kappa shape index (κ1) is 25.2. The Morgan fingerprint density at radius 3 is 2.67 bits per heavy atom. The second kappa shape index (κ2) is 9.80. The van der Waals surface area contributed by atoms with Crippen molar-refractivity contribution in [3.63, 3.8) is 0 Å². The molecule has 18 heteroatoms. The number of imidazole rings is 1. The first-order chi connectivity index (χ1) is 15.4. The SMILES string of the molecule is O=C(O)[C@@H](CC(O)CO)Nc1nc2c(ncn2[C@@H]2O[C@H](COP(=O)(O)O)[C@@H](O)[C@H]2O)c(=O)[nH]1. The van der Waals surface area contributed by atoms with Crippen molar-refractivity contribution in [3.8, 4) is 0 Å². The number of nitrogens with one attached hydrogen (secondary N) is 2. The van der Waals surface area contributed by atoms with Crippen molar-refractivity contribution < 1.29 is 53.9 Å². The van der Waals surface area contributed by atoms with Gasteiger partial charge in [-0.3, -0.25) is 18.9 Å². The number of anilines is 1. The van der Waals surface area contributed by atoms with E-state index in [1.54, 1.807) is 0 Å². The maximum absolute atomic E-state index is 12.4. The lowest BCUT2D eigenvalue weighted by Crippen LogP contribution is -2.35. The summed E-state index contributed by atoms with van der Waals surface area (Å²) in [6.07, 6.45) is -6.67. The van der Waals surface area contributed by atoms with E-state index < -0.39 is 75.7 Å². The Bertz CT molecular complexity index is 1100. The van der Waals surface area contributed by atoms with E-state index in [1.165, 1.54) is 0 Å². The van der Waals surface area contributed by atoms with E-state index in [0.29, 0.717) is 0 Å². The molecule has 0 spiro atoms. The summed E-state index contributed by atoms with van der Waals surface area (Å²) in [7, 11) is -4.87. The third kappa shape index (κ3) is 5.72. The monoisotopic (exact) mass is 495 g/mol. The van der Waals surface area contributed by atoms with Crippen LogP contribution in [0, 0.1) is 0 Å². The van der Waals surface area contributed by atoms with Gasteiger partial charge in [0.2, 0.25) is 5.95 Å². The number of H-pyrrole nitrogens is 1. The predicted octanol–water partition coefficient (Wildman–Crippen LogP) is -3.54. The van der Waals surface area contributed by atoms with Crippen molar-refractivity contribution in [2.24, 2.45) is 0 Å². The number of carboxylic acids is 1. The summed E-state index contributed by atoms with van der Waals surface area (Å²) in [4.78, 5) is 51.6. The summed E-state index contributed by atoms with van der Waals surface area (Å²) in [5.74, 6) is -1.73. The molecule has 1 aliphatic heterocycles. The molecular formula is C15H22N5O12P. The number of aromatic nitrogens is 4. The van der Waals surface area contributed by atoms with Crippen molar-refractivity contribution in [3.05, 3.63) is 16.7 Å². The van der Waals surface area contributed by atoms with Crippen LogP contribution in [-0.4, -0.2) is 104 Å². The van der Waals surface area contributed by atoms with Crippen LogP contribution >= 0.6 is 7.82 Å². The number of aliphatic carboxylic acids is 1. The zero-order chi connectivity index (χ0) is 24.5. The molecule has 0 aliphatic carbocycles. The number of nitrogens with zero attached hydrogens (tertiary/aromatic N) is 3. The van der Waals surface area contributed by atoms with E-state index in [0.717, 1.165) is 10.9 Å². The van der Waals surface area contributed by atoms with Crippen LogP contribution in [0.15, 0.2) is 11.1 Å². The number of ether oxygens (including phenoxy) is 1. The highest BCUT2D eigenvalue weighted by Gasteiger charge is 2.45. The quantitative estimate of drug-likeness (QED) is 0.144. The van der Waals surface area contributed by atoms with Gasteiger partial charge in [0.25, 0.3) is 5.56 Å². The normalized spacial score (nSPS) is 25.3. The smallest absolute Gasteiger partial charge is 0.469 e. The fourth-order valence-corrected chi connectivity index (χ4v) is 3.52. The van der Waals surface area contributed by atoms with Crippen molar-refractivity contribution in [2.45, 2.75) is 43.1 Å². The van der Waals surface area contributed by atoms with E-state index in [2.05, 4.69) is 24.8 Å². The van der Waals surface area contributed by atoms with Crippen LogP contribution in [0.1, 0.15) is 12.6 Å². The van der Waals surface area contributed by atoms with Crippen LogP contribution in [0.25, 0.3) is 11.2 Å². The molecule has 17 nitrogen and oxygen atoms in total. The Morgan fingerprint density at radius 2 is 2.06 bits per heavy atom. The minimum Gasteiger partial charge on any atom is -0.480 e. The van der Waals surface area contributed by atoms with Gasteiger partial charge in [0.1, 0.15) is 24.4 Å². The molecule has 9 N–H and O–H groups in total. The highest BCUT2D eigenvalue weighted by molar-refractivity contribution is 7.46. The third-order valence-electron chi connectivity index (χ3n) is 4.78. The first-order valence-electron chi connectivity index (χ1n) is 9.38. The topological polar surface area (TPSA) is 270 Å². The van der Waals surface area contributed by atoms with Gasteiger partial charge in [-0.1, -0.05) is 0 Å². The van der Waals surface area contributed by atoms with E-state index in [4.69, 9.17) is 19.6 Å². The van der Waals surface area contributed by atoms with Crippen LogP contribution in [-0.2, 0) is 18.6 Å². The molecule has 3 rings (SSSR count). The van der Waals surface area contributed by atoms with E-state index >= 15 is 0 Å². The molecule has 0 aromatic carbocycles.